The van der Waals surface area contributed by atoms with E-state index >= 15 is 0 Å². The number of amides is 1. The number of imidazole rings is 1. The zero-order valence-electron chi connectivity index (χ0n) is 17.1. The van der Waals surface area contributed by atoms with E-state index in [1.165, 1.54) is 0 Å². The predicted molar refractivity (Wildman–Crippen MR) is 108 cm³/mol. The number of carbonyl (C=O) groups is 2. The highest BCUT2D eigenvalue weighted by Gasteiger charge is 2.42. The molecular weight excluding hydrogens is 431 g/mol. The van der Waals surface area contributed by atoms with E-state index in [1.807, 2.05) is 25.1 Å². The monoisotopic (exact) mass is 453 g/mol. The Labute approximate surface area is 179 Å². The molecule has 4 N–H and O–H groups in total. The van der Waals surface area contributed by atoms with Crippen molar-refractivity contribution in [2.24, 2.45) is 0 Å². The molecule has 1 fully saturated rings. The van der Waals surface area contributed by atoms with E-state index in [9.17, 15) is 22.8 Å². The fourth-order valence-corrected chi connectivity index (χ4v) is 3.47. The average molecular weight is 453 g/mol. The van der Waals surface area contributed by atoms with Gasteiger partial charge in [0.2, 0.25) is 5.91 Å². The van der Waals surface area contributed by atoms with E-state index in [-0.39, 0.29) is 17.0 Å². The smallest absolute Gasteiger partial charge is 0.475 e. The number of benzene rings is 1. The molecule has 1 saturated carbocycles. The summed E-state index contributed by atoms with van der Waals surface area (Å²) in [7, 11) is 0. The Balaban J connectivity index is 0.000000360. The number of aromatic nitrogens is 4. The average Bonchev–Trinajstić information content (AvgIpc) is 3.27. The molecule has 0 unspecified atom stereocenters. The molecule has 172 valence electrons. The van der Waals surface area contributed by atoms with Crippen LogP contribution in [-0.2, 0) is 21.7 Å². The van der Waals surface area contributed by atoms with Crippen LogP contribution in [0.5, 0.6) is 0 Å². The largest absolute Gasteiger partial charge is 0.490 e. The summed E-state index contributed by atoms with van der Waals surface area (Å²) >= 11 is 0. The van der Waals surface area contributed by atoms with Crippen molar-refractivity contribution >= 4 is 22.8 Å². The van der Waals surface area contributed by atoms with E-state index < -0.39 is 12.1 Å². The van der Waals surface area contributed by atoms with Crippen molar-refractivity contribution in [3.8, 4) is 0 Å². The van der Waals surface area contributed by atoms with Crippen LogP contribution in [0.3, 0.4) is 0 Å². The molecular formula is C20H22F3N5O4. The molecule has 0 bridgehead atoms. The molecule has 4 rings (SSSR count). The number of rotatable bonds is 5. The number of aliphatic carboxylic acids is 1. The minimum Gasteiger partial charge on any atom is -0.475 e. The fraction of sp³-hybridized carbons (Fsp3) is 0.400. The SMILES string of the molecule is Cc1cnc(C2(NC(=O)CCn3[nH]c(=O)c4ccccc43)CCC2)[nH]1.O=C(O)C(F)(F)F. The molecule has 1 aliphatic rings. The van der Waals surface area contributed by atoms with Gasteiger partial charge >= 0.3 is 12.1 Å². The number of H-pyrrole nitrogens is 2. The van der Waals surface area contributed by atoms with Gasteiger partial charge < -0.3 is 15.4 Å². The summed E-state index contributed by atoms with van der Waals surface area (Å²) in [5, 5.41) is 13.7. The number of hydrogen-bond donors (Lipinski definition) is 4. The van der Waals surface area contributed by atoms with Crippen molar-refractivity contribution in [3.63, 3.8) is 0 Å². The second-order valence-electron chi connectivity index (χ2n) is 7.56. The first-order valence-electron chi connectivity index (χ1n) is 9.82. The van der Waals surface area contributed by atoms with Gasteiger partial charge in [0.25, 0.3) is 5.56 Å². The van der Waals surface area contributed by atoms with Crippen LogP contribution in [0, 0.1) is 6.92 Å². The van der Waals surface area contributed by atoms with Crippen LogP contribution in [0.2, 0.25) is 0 Å². The van der Waals surface area contributed by atoms with Crippen molar-refractivity contribution in [3.05, 3.63) is 52.3 Å². The van der Waals surface area contributed by atoms with Crippen molar-refractivity contribution in [2.75, 3.05) is 0 Å². The summed E-state index contributed by atoms with van der Waals surface area (Å²) in [6.45, 7) is 2.39. The van der Waals surface area contributed by atoms with Gasteiger partial charge in [-0.15, -0.1) is 0 Å². The number of fused-ring (bicyclic) bond motifs is 1. The molecule has 12 heteroatoms. The van der Waals surface area contributed by atoms with Crippen LogP contribution < -0.4 is 10.9 Å². The summed E-state index contributed by atoms with van der Waals surface area (Å²) in [5.74, 6) is -1.95. The summed E-state index contributed by atoms with van der Waals surface area (Å²) in [4.78, 5) is 41.0. The molecule has 0 radical (unpaired) electrons. The Bertz CT molecular complexity index is 1170. The third kappa shape index (κ3) is 5.01. The molecule has 3 aromatic rings. The van der Waals surface area contributed by atoms with Crippen molar-refractivity contribution in [1.82, 2.24) is 25.1 Å². The quantitative estimate of drug-likeness (QED) is 0.471. The van der Waals surface area contributed by atoms with Gasteiger partial charge in [0.15, 0.2) is 0 Å². The Morgan fingerprint density at radius 1 is 1.28 bits per heavy atom. The van der Waals surface area contributed by atoms with Crippen LogP contribution in [0.1, 0.15) is 37.2 Å². The first-order valence-corrected chi connectivity index (χ1v) is 9.82. The molecule has 32 heavy (non-hydrogen) atoms. The van der Waals surface area contributed by atoms with E-state index in [0.717, 1.165) is 36.3 Å². The molecule has 0 spiro atoms. The molecule has 0 aliphatic heterocycles. The molecule has 0 atom stereocenters. The Hall–Kier alpha value is -3.57. The van der Waals surface area contributed by atoms with Gasteiger partial charge in [-0.05, 0) is 38.3 Å². The molecule has 9 nitrogen and oxygen atoms in total. The van der Waals surface area contributed by atoms with Crippen LogP contribution in [-0.4, -0.2) is 42.9 Å². The summed E-state index contributed by atoms with van der Waals surface area (Å²) in [6, 6.07) is 7.38. The second kappa shape index (κ2) is 8.89. The minimum absolute atomic E-state index is 0.0348. The number of hydrogen-bond acceptors (Lipinski definition) is 4. The van der Waals surface area contributed by atoms with Gasteiger partial charge in [0.1, 0.15) is 5.82 Å². The molecule has 1 aliphatic carbocycles. The number of nitrogens with one attached hydrogen (secondary N) is 3. The number of carboxylic acid groups (broad SMARTS) is 1. The van der Waals surface area contributed by atoms with Crippen molar-refractivity contribution in [2.45, 2.75) is 50.9 Å². The van der Waals surface area contributed by atoms with Crippen LogP contribution in [0.4, 0.5) is 13.2 Å². The summed E-state index contributed by atoms with van der Waals surface area (Å²) in [5.41, 5.74) is 1.32. The molecule has 0 saturated heterocycles. The normalized spacial score (nSPS) is 14.9. The van der Waals surface area contributed by atoms with Gasteiger partial charge in [-0.2, -0.15) is 13.2 Å². The number of halogens is 3. The number of aryl methyl sites for hydroxylation is 2. The zero-order valence-corrected chi connectivity index (χ0v) is 17.1. The first kappa shape index (κ1) is 23.1. The number of carbonyl (C=O) groups excluding carboxylic acids is 1. The number of aromatic amines is 2. The van der Waals surface area contributed by atoms with Gasteiger partial charge in [0, 0.05) is 24.9 Å². The van der Waals surface area contributed by atoms with Gasteiger partial charge in [-0.25, -0.2) is 9.78 Å². The van der Waals surface area contributed by atoms with Crippen molar-refractivity contribution < 1.29 is 27.9 Å². The van der Waals surface area contributed by atoms with Crippen molar-refractivity contribution in [1.29, 1.82) is 0 Å². The third-order valence-electron chi connectivity index (χ3n) is 5.22. The molecule has 1 amide bonds. The maximum Gasteiger partial charge on any atom is 0.490 e. The molecule has 2 heterocycles. The maximum atomic E-state index is 12.5. The number of para-hydroxylation sites is 1. The van der Waals surface area contributed by atoms with Crippen LogP contribution in [0.15, 0.2) is 35.3 Å². The van der Waals surface area contributed by atoms with Gasteiger partial charge in [-0.3, -0.25) is 19.4 Å². The van der Waals surface area contributed by atoms with Crippen LogP contribution >= 0.6 is 0 Å². The molecule has 1 aromatic carbocycles. The third-order valence-corrected chi connectivity index (χ3v) is 5.22. The Morgan fingerprint density at radius 3 is 2.47 bits per heavy atom. The lowest BCUT2D eigenvalue weighted by atomic mass is 9.76. The zero-order chi connectivity index (χ0) is 23.5. The lowest BCUT2D eigenvalue weighted by molar-refractivity contribution is -0.192. The maximum absolute atomic E-state index is 12.5. The highest BCUT2D eigenvalue weighted by molar-refractivity contribution is 5.79. The van der Waals surface area contributed by atoms with E-state index in [2.05, 4.69) is 20.4 Å². The Kier molecular flexibility index (Phi) is 6.42. The number of alkyl halides is 3. The highest BCUT2D eigenvalue weighted by atomic mass is 19.4. The second-order valence-corrected chi connectivity index (χ2v) is 7.56. The lowest BCUT2D eigenvalue weighted by Gasteiger charge is -2.40. The van der Waals surface area contributed by atoms with Gasteiger partial charge in [-0.1, -0.05) is 12.1 Å². The Morgan fingerprint density at radius 2 is 1.94 bits per heavy atom. The minimum atomic E-state index is -5.08. The van der Waals surface area contributed by atoms with Crippen LogP contribution in [0.25, 0.3) is 10.9 Å². The highest BCUT2D eigenvalue weighted by Crippen LogP contribution is 2.39. The van der Waals surface area contributed by atoms with E-state index in [1.54, 1.807) is 16.9 Å². The van der Waals surface area contributed by atoms with E-state index in [0.29, 0.717) is 18.4 Å². The topological polar surface area (TPSA) is 133 Å². The van der Waals surface area contributed by atoms with E-state index in [4.69, 9.17) is 9.90 Å². The first-order chi connectivity index (χ1) is 15.0. The molecule has 2 aromatic heterocycles. The standard InChI is InChI=1S/C18H21N5O2.C2HF3O2/c1-12-11-19-17(20-12)18(8-4-9-18)21-15(24)7-10-23-14-6-3-2-5-13(14)16(25)22-23;3-2(4,5)1(6)7/h2-3,5-6,11H,4,7-10H2,1H3,(H,19,20)(H,21,24)(H,22,25);(H,6,7). The summed E-state index contributed by atoms with van der Waals surface area (Å²) < 4.78 is 33.5. The number of carboxylic acids is 1. The number of nitrogens with zero attached hydrogens (tertiary/aromatic N) is 2. The lowest BCUT2D eigenvalue weighted by Crippen LogP contribution is -2.51. The summed E-state index contributed by atoms with van der Waals surface area (Å²) in [6.07, 6.45) is -0.117. The fourth-order valence-electron chi connectivity index (χ4n) is 3.47. The van der Waals surface area contributed by atoms with Gasteiger partial charge in [0.05, 0.1) is 16.4 Å². The predicted octanol–water partition coefficient (Wildman–Crippen LogP) is 2.58.